The van der Waals surface area contributed by atoms with Gasteiger partial charge in [-0.15, -0.1) is 22.9 Å². The first kappa shape index (κ1) is 14.8. The Bertz CT molecular complexity index is 509. The first-order chi connectivity index (χ1) is 8.49. The Balaban J connectivity index is 2.08. The van der Waals surface area contributed by atoms with Gasteiger partial charge in [0.1, 0.15) is 4.21 Å². The van der Waals surface area contributed by atoms with Gasteiger partial charge in [0.25, 0.3) is 10.0 Å². The van der Waals surface area contributed by atoms with E-state index in [9.17, 15) is 8.42 Å². The molecule has 1 aromatic heterocycles. The molecule has 0 aliphatic heterocycles. The van der Waals surface area contributed by atoms with E-state index in [1.165, 1.54) is 11.3 Å². The van der Waals surface area contributed by atoms with Gasteiger partial charge >= 0.3 is 0 Å². The molecule has 102 valence electrons. The van der Waals surface area contributed by atoms with E-state index in [2.05, 4.69) is 20.7 Å². The van der Waals surface area contributed by atoms with Crippen molar-refractivity contribution < 1.29 is 8.42 Å². The number of rotatable bonds is 5. The molecule has 0 aromatic carbocycles. The maximum absolute atomic E-state index is 12.2. The molecule has 0 saturated heterocycles. The van der Waals surface area contributed by atoms with Gasteiger partial charge in [0, 0.05) is 16.9 Å². The molecule has 1 heterocycles. The zero-order valence-corrected chi connectivity index (χ0v) is 13.8. The van der Waals surface area contributed by atoms with E-state index in [0.29, 0.717) is 21.1 Å². The summed E-state index contributed by atoms with van der Waals surface area (Å²) in [4.78, 5) is 0. The smallest absolute Gasteiger partial charge is 0.210 e. The average Bonchev–Trinajstić information content (AvgIpc) is 2.96. The van der Waals surface area contributed by atoms with Gasteiger partial charge in [0.2, 0.25) is 0 Å². The zero-order valence-electron chi connectivity index (χ0n) is 9.79. The van der Waals surface area contributed by atoms with Crippen LogP contribution in [0.2, 0.25) is 0 Å². The summed E-state index contributed by atoms with van der Waals surface area (Å²) in [6.07, 6.45) is 4.28. The SMILES string of the molecule is O=S(=O)(NCC1(CCl)CCCC1)c1sccc1Br. The second-order valence-electron chi connectivity index (χ2n) is 4.72. The van der Waals surface area contributed by atoms with Crippen LogP contribution in [0.1, 0.15) is 25.7 Å². The van der Waals surface area contributed by atoms with Crippen molar-refractivity contribution in [1.82, 2.24) is 4.72 Å². The second-order valence-corrected chi connectivity index (χ2v) is 8.72. The largest absolute Gasteiger partial charge is 0.251 e. The minimum Gasteiger partial charge on any atom is -0.210 e. The van der Waals surface area contributed by atoms with Gasteiger partial charge in [-0.25, -0.2) is 13.1 Å². The van der Waals surface area contributed by atoms with Crippen LogP contribution < -0.4 is 4.72 Å². The molecular formula is C11H15BrClNO2S2. The van der Waals surface area contributed by atoms with Crippen molar-refractivity contribution in [3.05, 3.63) is 15.9 Å². The summed E-state index contributed by atoms with van der Waals surface area (Å²) in [5, 5.41) is 1.76. The third kappa shape index (κ3) is 3.10. The van der Waals surface area contributed by atoms with Gasteiger partial charge in [-0.3, -0.25) is 0 Å². The monoisotopic (exact) mass is 371 g/mol. The molecule has 2 rings (SSSR count). The highest BCUT2D eigenvalue weighted by Gasteiger charge is 2.34. The lowest BCUT2D eigenvalue weighted by Crippen LogP contribution is -2.37. The molecule has 1 aromatic rings. The van der Waals surface area contributed by atoms with Gasteiger partial charge < -0.3 is 0 Å². The fourth-order valence-electron chi connectivity index (χ4n) is 2.27. The molecule has 0 atom stereocenters. The van der Waals surface area contributed by atoms with Gasteiger partial charge in [-0.2, -0.15) is 0 Å². The fraction of sp³-hybridized carbons (Fsp3) is 0.636. The lowest BCUT2D eigenvalue weighted by Gasteiger charge is -2.26. The molecule has 1 aliphatic carbocycles. The first-order valence-corrected chi connectivity index (χ1v) is 9.47. The predicted octanol–water partition coefficient (Wildman–Crippen LogP) is 3.59. The second kappa shape index (κ2) is 5.79. The van der Waals surface area contributed by atoms with Crippen molar-refractivity contribution in [2.45, 2.75) is 29.9 Å². The van der Waals surface area contributed by atoms with Gasteiger partial charge in [-0.1, -0.05) is 12.8 Å². The molecule has 1 saturated carbocycles. The Morgan fingerprint density at radius 2 is 2.11 bits per heavy atom. The molecule has 1 fully saturated rings. The van der Waals surface area contributed by atoms with Crippen LogP contribution in [-0.2, 0) is 10.0 Å². The molecule has 7 heteroatoms. The summed E-state index contributed by atoms with van der Waals surface area (Å²) in [5.74, 6) is 0.515. The zero-order chi connectivity index (χ0) is 13.2. The number of thiophene rings is 1. The van der Waals surface area contributed by atoms with Crippen molar-refractivity contribution in [1.29, 1.82) is 0 Å². The number of alkyl halides is 1. The third-order valence-corrected chi connectivity index (χ3v) is 8.05. The summed E-state index contributed by atoms with van der Waals surface area (Å²) < 4.78 is 28.0. The minimum absolute atomic E-state index is 0.0572. The quantitative estimate of drug-likeness (QED) is 0.803. The summed E-state index contributed by atoms with van der Waals surface area (Å²) >= 11 is 10.5. The van der Waals surface area contributed by atoms with E-state index in [0.717, 1.165) is 25.7 Å². The van der Waals surface area contributed by atoms with E-state index in [1.807, 2.05) is 0 Å². The van der Waals surface area contributed by atoms with Crippen molar-refractivity contribution >= 4 is 48.9 Å². The highest BCUT2D eigenvalue weighted by molar-refractivity contribution is 9.10. The standard InChI is InChI=1S/C11H15BrClNO2S2/c12-9-3-6-17-10(9)18(15,16)14-8-11(7-13)4-1-2-5-11/h3,6,14H,1-2,4-5,7-8H2. The van der Waals surface area contributed by atoms with Crippen LogP contribution in [0.4, 0.5) is 0 Å². The Hall–Kier alpha value is 0.380. The van der Waals surface area contributed by atoms with Crippen LogP contribution >= 0.6 is 38.9 Å². The lowest BCUT2D eigenvalue weighted by molar-refractivity contribution is 0.342. The van der Waals surface area contributed by atoms with Crippen molar-refractivity contribution in [3.8, 4) is 0 Å². The summed E-state index contributed by atoms with van der Waals surface area (Å²) in [7, 11) is -3.42. The molecule has 1 N–H and O–H groups in total. The summed E-state index contributed by atoms with van der Waals surface area (Å²) in [6.45, 7) is 0.434. The van der Waals surface area contributed by atoms with Crippen LogP contribution in [0.15, 0.2) is 20.1 Å². The first-order valence-electron chi connectivity index (χ1n) is 5.78. The number of halogens is 2. The Labute approximate surface area is 125 Å². The minimum atomic E-state index is -3.42. The van der Waals surface area contributed by atoms with Crippen LogP contribution in [0.25, 0.3) is 0 Å². The molecular weight excluding hydrogens is 358 g/mol. The fourth-order valence-corrected chi connectivity index (χ4v) is 6.17. The normalized spacial score (nSPS) is 19.2. The lowest BCUT2D eigenvalue weighted by atomic mass is 9.89. The molecule has 0 bridgehead atoms. The van der Waals surface area contributed by atoms with E-state index in [1.54, 1.807) is 11.4 Å². The molecule has 0 radical (unpaired) electrons. The van der Waals surface area contributed by atoms with E-state index >= 15 is 0 Å². The van der Waals surface area contributed by atoms with E-state index in [-0.39, 0.29) is 5.41 Å². The third-order valence-electron chi connectivity index (χ3n) is 3.41. The number of hydrogen-bond donors (Lipinski definition) is 1. The maximum atomic E-state index is 12.2. The summed E-state index contributed by atoms with van der Waals surface area (Å²) in [6, 6.07) is 1.74. The topological polar surface area (TPSA) is 46.2 Å². The summed E-state index contributed by atoms with van der Waals surface area (Å²) in [5.41, 5.74) is -0.0572. The Morgan fingerprint density at radius 1 is 1.44 bits per heavy atom. The van der Waals surface area contributed by atoms with Gasteiger partial charge in [0.15, 0.2) is 0 Å². The van der Waals surface area contributed by atoms with Gasteiger partial charge in [-0.05, 0) is 45.6 Å². The maximum Gasteiger partial charge on any atom is 0.251 e. The average molecular weight is 373 g/mol. The molecule has 0 unspecified atom stereocenters. The molecule has 0 amide bonds. The van der Waals surface area contributed by atoms with Crippen LogP contribution in [0.3, 0.4) is 0 Å². The highest BCUT2D eigenvalue weighted by atomic mass is 79.9. The van der Waals surface area contributed by atoms with Crippen molar-refractivity contribution in [3.63, 3.8) is 0 Å². The molecule has 0 spiro atoms. The Morgan fingerprint density at radius 3 is 2.61 bits per heavy atom. The highest BCUT2D eigenvalue weighted by Crippen LogP contribution is 2.39. The number of sulfonamides is 1. The van der Waals surface area contributed by atoms with Crippen molar-refractivity contribution in [2.24, 2.45) is 5.41 Å². The van der Waals surface area contributed by atoms with Crippen LogP contribution in [0.5, 0.6) is 0 Å². The van der Waals surface area contributed by atoms with Gasteiger partial charge in [0.05, 0.1) is 0 Å². The molecule has 1 aliphatic rings. The van der Waals surface area contributed by atoms with Crippen LogP contribution in [-0.4, -0.2) is 20.8 Å². The molecule has 3 nitrogen and oxygen atoms in total. The predicted molar refractivity (Wildman–Crippen MR) is 78.8 cm³/mol. The molecule has 18 heavy (non-hydrogen) atoms. The number of nitrogens with one attached hydrogen (secondary N) is 1. The van der Waals surface area contributed by atoms with Crippen LogP contribution in [0, 0.1) is 5.41 Å². The van der Waals surface area contributed by atoms with Crippen molar-refractivity contribution in [2.75, 3.05) is 12.4 Å². The van der Waals surface area contributed by atoms with E-state index in [4.69, 9.17) is 11.6 Å². The van der Waals surface area contributed by atoms with E-state index < -0.39 is 10.0 Å². The number of hydrogen-bond acceptors (Lipinski definition) is 3. The Kier molecular flexibility index (Phi) is 4.75.